The number of hydrogen-bond acceptors (Lipinski definition) is 6. The highest BCUT2D eigenvalue weighted by Crippen LogP contribution is 2.15. The molecule has 0 saturated carbocycles. The summed E-state index contributed by atoms with van der Waals surface area (Å²) in [7, 11) is 0. The molecule has 11 heavy (non-hydrogen) atoms. The van der Waals surface area contributed by atoms with Gasteiger partial charge < -0.3 is 10.5 Å². The molecule has 0 unspecified atom stereocenters. The van der Waals surface area contributed by atoms with Crippen molar-refractivity contribution in [3.63, 3.8) is 0 Å². The lowest BCUT2D eigenvalue weighted by atomic mass is 10.3. The van der Waals surface area contributed by atoms with E-state index in [0.717, 1.165) is 0 Å². The van der Waals surface area contributed by atoms with Gasteiger partial charge in [-0.1, -0.05) is 12.8 Å². The predicted molar refractivity (Wildman–Crippen MR) is 43.8 cm³/mol. The smallest absolute Gasteiger partial charge is 0.159 e. The number of nitrogens with two attached hydrogens (primary N) is 1. The fourth-order valence-electron chi connectivity index (χ4n) is 0.594. The largest absolute Gasteiger partial charge is 0.382 e. The van der Waals surface area contributed by atoms with Crippen molar-refractivity contribution in [3.05, 3.63) is 11.9 Å². The van der Waals surface area contributed by atoms with Crippen molar-refractivity contribution < 1.29 is 0 Å². The van der Waals surface area contributed by atoms with E-state index in [1.54, 1.807) is 0 Å². The number of nitrogens with one attached hydrogen (secondary N) is 1. The zero-order chi connectivity index (χ0) is 8.27. The van der Waals surface area contributed by atoms with E-state index in [1.165, 1.54) is 6.33 Å². The van der Waals surface area contributed by atoms with Crippen LogP contribution in [0.15, 0.2) is 6.33 Å². The van der Waals surface area contributed by atoms with Crippen LogP contribution < -0.4 is 10.5 Å². The summed E-state index contributed by atoms with van der Waals surface area (Å²) in [5.74, 6) is 0.474. The molecule has 0 atom stereocenters. The Morgan fingerprint density at radius 1 is 1.64 bits per heavy atom. The van der Waals surface area contributed by atoms with Crippen LogP contribution in [0.25, 0.3) is 0 Å². The van der Waals surface area contributed by atoms with Gasteiger partial charge in [0.1, 0.15) is 23.8 Å². The molecule has 0 aromatic carbocycles. The fraction of sp³-hybridized carbons (Fsp3) is 0. The third-order valence-electron chi connectivity index (χ3n) is 1.09. The van der Waals surface area contributed by atoms with Gasteiger partial charge in [0.25, 0.3) is 0 Å². The van der Waals surface area contributed by atoms with E-state index in [2.05, 4.69) is 27.5 Å². The first-order valence-corrected chi connectivity index (χ1v) is 3.15. The van der Waals surface area contributed by atoms with Crippen molar-refractivity contribution in [2.75, 3.05) is 10.5 Å². The molecular weight excluding hydrogens is 162 g/mol. The molecule has 0 fully saturated rings. The monoisotopic (exact) mass is 167 g/mol. The first-order valence-electron chi connectivity index (χ1n) is 2.70. The molecule has 1 heterocycles. The van der Waals surface area contributed by atoms with E-state index >= 15 is 0 Å². The fourth-order valence-corrected chi connectivity index (χ4v) is 0.764. The van der Waals surface area contributed by atoms with Gasteiger partial charge in [-0.05, 0) is 0 Å². The van der Waals surface area contributed by atoms with Crippen LogP contribution in [-0.2, 0) is 0 Å². The topological polar surface area (TPSA) is 87.6 Å². The third-order valence-corrected chi connectivity index (χ3v) is 1.31. The summed E-state index contributed by atoms with van der Waals surface area (Å²) in [6, 6.07) is 1.85. The number of aromatic nitrogens is 2. The van der Waals surface area contributed by atoms with Gasteiger partial charge in [-0.2, -0.15) is 5.26 Å². The number of nitriles is 1. The van der Waals surface area contributed by atoms with Gasteiger partial charge in [-0.25, -0.2) is 9.97 Å². The Morgan fingerprint density at radius 3 is 2.82 bits per heavy atom. The molecule has 1 aromatic rings. The SMILES string of the molecule is N#Cc1c(N)ncnc1NS. The molecule has 0 bridgehead atoms. The highest BCUT2D eigenvalue weighted by Gasteiger charge is 2.05. The van der Waals surface area contributed by atoms with Crippen LogP contribution in [0.1, 0.15) is 5.56 Å². The maximum atomic E-state index is 8.55. The van der Waals surface area contributed by atoms with Crippen LogP contribution in [0.3, 0.4) is 0 Å². The average molecular weight is 167 g/mol. The molecule has 1 rings (SSSR count). The Bertz CT molecular complexity index is 304. The lowest BCUT2D eigenvalue weighted by Gasteiger charge is -2.00. The second-order valence-corrected chi connectivity index (χ2v) is 1.93. The number of hydrogen-bond donors (Lipinski definition) is 3. The molecule has 0 aliphatic carbocycles. The summed E-state index contributed by atoms with van der Waals surface area (Å²) in [6.45, 7) is 0. The molecule has 5 nitrogen and oxygen atoms in total. The molecule has 0 spiro atoms. The second kappa shape index (κ2) is 3.07. The molecular formula is C5H5N5S. The van der Waals surface area contributed by atoms with E-state index in [4.69, 9.17) is 11.0 Å². The Hall–Kier alpha value is -1.48. The molecule has 1 aromatic heterocycles. The van der Waals surface area contributed by atoms with E-state index in [-0.39, 0.29) is 11.4 Å². The maximum Gasteiger partial charge on any atom is 0.159 e. The average Bonchev–Trinajstić information content (AvgIpc) is 2.04. The summed E-state index contributed by atoms with van der Waals surface area (Å²) < 4.78 is 2.43. The molecule has 0 saturated heterocycles. The van der Waals surface area contributed by atoms with Crippen LogP contribution in [0.4, 0.5) is 11.6 Å². The third kappa shape index (κ3) is 1.33. The second-order valence-electron chi connectivity index (χ2n) is 1.71. The summed E-state index contributed by atoms with van der Waals surface area (Å²) in [5, 5.41) is 8.55. The molecule has 0 aliphatic heterocycles. The van der Waals surface area contributed by atoms with Gasteiger partial charge in [-0.3, -0.25) is 0 Å². The summed E-state index contributed by atoms with van der Waals surface area (Å²) in [4.78, 5) is 7.36. The van der Waals surface area contributed by atoms with Crippen LogP contribution in [-0.4, -0.2) is 9.97 Å². The van der Waals surface area contributed by atoms with Crippen LogP contribution in [0, 0.1) is 11.3 Å². The molecule has 3 N–H and O–H groups in total. The minimum Gasteiger partial charge on any atom is -0.382 e. The molecule has 6 heteroatoms. The molecule has 0 amide bonds. The van der Waals surface area contributed by atoms with E-state index in [9.17, 15) is 0 Å². The first kappa shape index (κ1) is 7.63. The number of nitrogens with zero attached hydrogens (tertiary/aromatic N) is 3. The quantitative estimate of drug-likeness (QED) is 0.519. The molecule has 0 radical (unpaired) electrons. The number of rotatable bonds is 1. The first-order chi connectivity index (χ1) is 5.29. The van der Waals surface area contributed by atoms with Crippen molar-refractivity contribution in [3.8, 4) is 6.07 Å². The van der Waals surface area contributed by atoms with Gasteiger partial charge in [0, 0.05) is 0 Å². The Labute approximate surface area is 68.8 Å². The Balaban J connectivity index is 3.27. The zero-order valence-corrected chi connectivity index (χ0v) is 6.34. The van der Waals surface area contributed by atoms with E-state index in [1.807, 2.05) is 6.07 Å². The van der Waals surface area contributed by atoms with Gasteiger partial charge >= 0.3 is 0 Å². The highest BCUT2D eigenvalue weighted by atomic mass is 32.1. The highest BCUT2D eigenvalue weighted by molar-refractivity contribution is 7.81. The van der Waals surface area contributed by atoms with Gasteiger partial charge in [-0.15, -0.1) is 0 Å². The summed E-state index contributed by atoms with van der Waals surface area (Å²) in [5.41, 5.74) is 5.57. The van der Waals surface area contributed by atoms with Crippen LogP contribution >= 0.6 is 12.8 Å². The van der Waals surface area contributed by atoms with Gasteiger partial charge in [0.05, 0.1) is 0 Å². The van der Waals surface area contributed by atoms with Crippen molar-refractivity contribution in [2.24, 2.45) is 0 Å². The number of anilines is 2. The molecule has 0 aliphatic rings. The molecule has 56 valence electrons. The summed E-state index contributed by atoms with van der Waals surface area (Å²) in [6.07, 6.45) is 1.26. The van der Waals surface area contributed by atoms with Gasteiger partial charge in [0.15, 0.2) is 5.82 Å². The van der Waals surface area contributed by atoms with Crippen LogP contribution in [0.5, 0.6) is 0 Å². The van der Waals surface area contributed by atoms with Crippen molar-refractivity contribution in [2.45, 2.75) is 0 Å². The standard InChI is InChI=1S/C5H5N5S/c6-1-3-4(7)8-2-9-5(3)10-11/h2,11H,(H3,7,8,9,10). The lowest BCUT2D eigenvalue weighted by molar-refractivity contribution is 1.17. The van der Waals surface area contributed by atoms with Crippen molar-refractivity contribution in [1.29, 1.82) is 5.26 Å². The van der Waals surface area contributed by atoms with Crippen molar-refractivity contribution in [1.82, 2.24) is 9.97 Å². The number of nitrogen functional groups attached to an aromatic ring is 1. The predicted octanol–water partition coefficient (Wildman–Crippen LogP) is 0.187. The summed E-state index contributed by atoms with van der Waals surface area (Å²) >= 11 is 3.73. The van der Waals surface area contributed by atoms with Crippen molar-refractivity contribution >= 4 is 24.5 Å². The Morgan fingerprint density at radius 2 is 2.36 bits per heavy atom. The van der Waals surface area contributed by atoms with E-state index in [0.29, 0.717) is 5.82 Å². The Kier molecular flexibility index (Phi) is 2.13. The lowest BCUT2D eigenvalue weighted by Crippen LogP contribution is -1.99. The zero-order valence-electron chi connectivity index (χ0n) is 5.44. The maximum absolute atomic E-state index is 8.55. The normalized spacial score (nSPS) is 8.73. The van der Waals surface area contributed by atoms with E-state index < -0.39 is 0 Å². The van der Waals surface area contributed by atoms with Gasteiger partial charge in [0.2, 0.25) is 0 Å². The number of thiol groups is 1. The minimum absolute atomic E-state index is 0.152. The van der Waals surface area contributed by atoms with Crippen LogP contribution in [0.2, 0.25) is 0 Å². The minimum atomic E-state index is 0.152.